The van der Waals surface area contributed by atoms with E-state index in [1.54, 1.807) is 12.1 Å². The van der Waals surface area contributed by atoms with Gasteiger partial charge in [0, 0.05) is 44.1 Å². The Bertz CT molecular complexity index is 756. The standard InChI is InChI=1S/C22H31N5O/c1-3-12-26-17-27(23-18(26)2)21-6-4-19(5-7-21)24-13-15-25(16-14-24)20-8-10-22(28)11-9-20/h4-11,18,23,28H,3,12-17H2,1-2H3. The molecule has 0 spiro atoms. The summed E-state index contributed by atoms with van der Waals surface area (Å²) in [6.45, 7) is 10.5. The van der Waals surface area contributed by atoms with Crippen LogP contribution in [0.3, 0.4) is 0 Å². The number of phenolic OH excluding ortho intramolecular Hbond substituents is 1. The highest BCUT2D eigenvalue weighted by Gasteiger charge is 2.26. The number of nitrogens with one attached hydrogen (secondary N) is 1. The third-order valence-electron chi connectivity index (χ3n) is 5.75. The molecule has 0 saturated carbocycles. The number of hydrogen-bond donors (Lipinski definition) is 2. The zero-order chi connectivity index (χ0) is 19.5. The number of benzene rings is 2. The summed E-state index contributed by atoms with van der Waals surface area (Å²) in [6, 6.07) is 16.4. The Morgan fingerprint density at radius 1 is 0.857 bits per heavy atom. The van der Waals surface area contributed by atoms with Crippen molar-refractivity contribution in [2.24, 2.45) is 0 Å². The maximum absolute atomic E-state index is 9.47. The minimum Gasteiger partial charge on any atom is -0.508 e. The van der Waals surface area contributed by atoms with Crippen molar-refractivity contribution in [2.75, 3.05) is 54.2 Å². The van der Waals surface area contributed by atoms with Crippen molar-refractivity contribution >= 4 is 17.1 Å². The molecule has 2 N–H and O–H groups in total. The first-order valence-corrected chi connectivity index (χ1v) is 10.3. The zero-order valence-corrected chi connectivity index (χ0v) is 16.9. The third kappa shape index (κ3) is 4.03. The minimum absolute atomic E-state index is 0.321. The van der Waals surface area contributed by atoms with Gasteiger partial charge >= 0.3 is 0 Å². The molecule has 2 heterocycles. The lowest BCUT2D eigenvalue weighted by Gasteiger charge is -2.37. The van der Waals surface area contributed by atoms with Crippen molar-refractivity contribution in [1.82, 2.24) is 10.3 Å². The van der Waals surface area contributed by atoms with E-state index in [1.807, 2.05) is 12.1 Å². The van der Waals surface area contributed by atoms with E-state index in [1.165, 1.54) is 23.5 Å². The smallest absolute Gasteiger partial charge is 0.115 e. The molecule has 6 heteroatoms. The van der Waals surface area contributed by atoms with Gasteiger partial charge in [-0.15, -0.1) is 0 Å². The molecule has 2 aliphatic heterocycles. The molecule has 2 aromatic carbocycles. The van der Waals surface area contributed by atoms with Gasteiger partial charge in [-0.1, -0.05) is 6.92 Å². The Balaban J connectivity index is 1.34. The maximum atomic E-state index is 9.47. The predicted molar refractivity (Wildman–Crippen MR) is 116 cm³/mol. The van der Waals surface area contributed by atoms with Crippen LogP contribution in [0.5, 0.6) is 5.75 Å². The zero-order valence-electron chi connectivity index (χ0n) is 16.9. The van der Waals surface area contributed by atoms with Crippen LogP contribution in [0.4, 0.5) is 17.1 Å². The second-order valence-electron chi connectivity index (χ2n) is 7.69. The number of phenols is 1. The molecule has 4 rings (SSSR count). The highest BCUT2D eigenvalue weighted by molar-refractivity contribution is 5.58. The van der Waals surface area contributed by atoms with Gasteiger partial charge in [-0.05, 0) is 61.9 Å². The first-order chi connectivity index (χ1) is 13.6. The van der Waals surface area contributed by atoms with Crippen molar-refractivity contribution < 1.29 is 5.11 Å². The Labute approximate surface area is 167 Å². The summed E-state index contributed by atoms with van der Waals surface area (Å²) in [5.41, 5.74) is 7.24. The predicted octanol–water partition coefficient (Wildman–Crippen LogP) is 3.06. The highest BCUT2D eigenvalue weighted by atomic mass is 16.3. The van der Waals surface area contributed by atoms with E-state index in [0.717, 1.165) is 39.4 Å². The molecular weight excluding hydrogens is 350 g/mol. The topological polar surface area (TPSA) is 45.2 Å². The van der Waals surface area contributed by atoms with E-state index in [2.05, 4.69) is 63.2 Å². The van der Waals surface area contributed by atoms with Gasteiger partial charge in [0.25, 0.3) is 0 Å². The average molecular weight is 382 g/mol. The van der Waals surface area contributed by atoms with Crippen LogP contribution in [-0.2, 0) is 0 Å². The summed E-state index contributed by atoms with van der Waals surface area (Å²) in [7, 11) is 0. The molecule has 1 unspecified atom stereocenters. The number of aromatic hydroxyl groups is 1. The number of hydrogen-bond acceptors (Lipinski definition) is 6. The largest absolute Gasteiger partial charge is 0.508 e. The summed E-state index contributed by atoms with van der Waals surface area (Å²) < 4.78 is 0. The van der Waals surface area contributed by atoms with Crippen LogP contribution < -0.4 is 20.2 Å². The van der Waals surface area contributed by atoms with E-state index < -0.39 is 0 Å². The summed E-state index contributed by atoms with van der Waals surface area (Å²) in [6.07, 6.45) is 1.56. The van der Waals surface area contributed by atoms with Crippen LogP contribution in [0, 0.1) is 0 Å². The Morgan fingerprint density at radius 2 is 1.36 bits per heavy atom. The molecule has 2 saturated heterocycles. The van der Waals surface area contributed by atoms with Crippen LogP contribution >= 0.6 is 0 Å². The molecule has 150 valence electrons. The molecule has 28 heavy (non-hydrogen) atoms. The maximum Gasteiger partial charge on any atom is 0.115 e. The number of piperazine rings is 1. The van der Waals surface area contributed by atoms with Crippen LogP contribution in [0.1, 0.15) is 20.3 Å². The molecule has 2 aliphatic rings. The van der Waals surface area contributed by atoms with Gasteiger partial charge in [0.15, 0.2) is 0 Å². The Kier molecular flexibility index (Phi) is 5.59. The molecule has 0 amide bonds. The SMILES string of the molecule is CCCN1CN(c2ccc(N3CCN(c4ccc(O)cc4)CC3)cc2)NC1C. The Morgan fingerprint density at radius 3 is 1.89 bits per heavy atom. The normalized spacial score (nSPS) is 20.8. The lowest BCUT2D eigenvalue weighted by molar-refractivity contribution is 0.258. The van der Waals surface area contributed by atoms with E-state index in [4.69, 9.17) is 0 Å². The first kappa shape index (κ1) is 18.9. The van der Waals surface area contributed by atoms with Crippen LogP contribution in [0.15, 0.2) is 48.5 Å². The quantitative estimate of drug-likeness (QED) is 0.830. The Hall–Kier alpha value is -2.44. The summed E-state index contributed by atoms with van der Waals surface area (Å²) in [5.74, 6) is 0.321. The van der Waals surface area contributed by atoms with Gasteiger partial charge in [0.2, 0.25) is 0 Å². The molecule has 2 fully saturated rings. The summed E-state index contributed by atoms with van der Waals surface area (Å²) in [5, 5.41) is 11.7. The van der Waals surface area contributed by atoms with Gasteiger partial charge in [-0.25, -0.2) is 5.43 Å². The fraction of sp³-hybridized carbons (Fsp3) is 0.455. The molecule has 0 bridgehead atoms. The second kappa shape index (κ2) is 8.29. The average Bonchev–Trinajstić information content (AvgIpc) is 3.10. The monoisotopic (exact) mass is 381 g/mol. The molecule has 6 nitrogen and oxygen atoms in total. The number of hydrazine groups is 1. The fourth-order valence-electron chi connectivity index (χ4n) is 4.09. The number of nitrogens with zero attached hydrogens (tertiary/aromatic N) is 4. The van der Waals surface area contributed by atoms with E-state index >= 15 is 0 Å². The molecule has 0 aromatic heterocycles. The van der Waals surface area contributed by atoms with E-state index in [-0.39, 0.29) is 0 Å². The molecule has 2 aromatic rings. The second-order valence-corrected chi connectivity index (χ2v) is 7.69. The molecule has 0 aliphatic carbocycles. The highest BCUT2D eigenvalue weighted by Crippen LogP contribution is 2.25. The van der Waals surface area contributed by atoms with Crippen molar-refractivity contribution in [3.8, 4) is 5.75 Å². The van der Waals surface area contributed by atoms with Crippen molar-refractivity contribution in [2.45, 2.75) is 26.4 Å². The van der Waals surface area contributed by atoms with Crippen molar-refractivity contribution in [1.29, 1.82) is 0 Å². The lowest BCUT2D eigenvalue weighted by Crippen LogP contribution is -2.46. The van der Waals surface area contributed by atoms with Crippen LogP contribution in [-0.4, -0.2) is 55.6 Å². The molecule has 1 atom stereocenters. The summed E-state index contributed by atoms with van der Waals surface area (Å²) in [4.78, 5) is 7.28. The fourth-order valence-corrected chi connectivity index (χ4v) is 4.09. The number of anilines is 3. The van der Waals surface area contributed by atoms with Crippen molar-refractivity contribution in [3.63, 3.8) is 0 Å². The van der Waals surface area contributed by atoms with Gasteiger partial charge in [0.05, 0.1) is 18.5 Å². The van der Waals surface area contributed by atoms with Gasteiger partial charge in [0.1, 0.15) is 5.75 Å². The van der Waals surface area contributed by atoms with Gasteiger partial charge < -0.3 is 14.9 Å². The molecule has 0 radical (unpaired) electrons. The minimum atomic E-state index is 0.321. The molecular formula is C22H31N5O. The van der Waals surface area contributed by atoms with E-state index in [0.29, 0.717) is 11.9 Å². The van der Waals surface area contributed by atoms with Gasteiger partial charge in [-0.3, -0.25) is 9.91 Å². The van der Waals surface area contributed by atoms with Crippen LogP contribution in [0.2, 0.25) is 0 Å². The summed E-state index contributed by atoms with van der Waals surface area (Å²) >= 11 is 0. The third-order valence-corrected chi connectivity index (χ3v) is 5.75. The lowest BCUT2D eigenvalue weighted by atomic mass is 10.2. The van der Waals surface area contributed by atoms with Crippen LogP contribution in [0.25, 0.3) is 0 Å². The van der Waals surface area contributed by atoms with E-state index in [9.17, 15) is 5.11 Å². The van der Waals surface area contributed by atoms with Gasteiger partial charge in [-0.2, -0.15) is 0 Å². The van der Waals surface area contributed by atoms with Crippen molar-refractivity contribution in [3.05, 3.63) is 48.5 Å². The number of rotatable bonds is 5. The first-order valence-electron chi connectivity index (χ1n) is 10.3.